The van der Waals surface area contributed by atoms with Crippen molar-refractivity contribution < 1.29 is 34.6 Å². The van der Waals surface area contributed by atoms with Crippen molar-refractivity contribution in [1.82, 2.24) is 9.97 Å². The molecular formula is C34H18N2O3Pt. The molecule has 40 heavy (non-hydrogen) atoms. The fourth-order valence-corrected chi connectivity index (χ4v) is 5.09. The summed E-state index contributed by atoms with van der Waals surface area (Å²) < 4.78 is 18.5. The third-order valence-corrected chi connectivity index (χ3v) is 6.85. The van der Waals surface area contributed by atoms with Crippen molar-refractivity contribution in [3.05, 3.63) is 121 Å². The Balaban J connectivity index is 0.00000264. The van der Waals surface area contributed by atoms with Gasteiger partial charge in [0, 0.05) is 10.8 Å². The van der Waals surface area contributed by atoms with Crippen LogP contribution in [0.3, 0.4) is 0 Å². The van der Waals surface area contributed by atoms with Crippen molar-refractivity contribution in [3.8, 4) is 34.3 Å². The molecule has 0 atom stereocenters. The van der Waals surface area contributed by atoms with E-state index in [4.69, 9.17) is 23.5 Å². The molecule has 4 aromatic heterocycles. The van der Waals surface area contributed by atoms with Gasteiger partial charge in [-0.15, -0.1) is 36.4 Å². The molecule has 6 heteroatoms. The van der Waals surface area contributed by atoms with Gasteiger partial charge in [-0.2, -0.15) is 0 Å². The molecule has 0 saturated carbocycles. The summed E-state index contributed by atoms with van der Waals surface area (Å²) in [7, 11) is 0. The first-order chi connectivity index (χ1) is 19.3. The van der Waals surface area contributed by atoms with Crippen molar-refractivity contribution in [2.75, 3.05) is 0 Å². The molecule has 0 N–H and O–H groups in total. The van der Waals surface area contributed by atoms with Gasteiger partial charge in [-0.05, 0) is 35.7 Å². The molecule has 0 aliphatic carbocycles. The van der Waals surface area contributed by atoms with E-state index in [-0.39, 0.29) is 21.1 Å². The summed E-state index contributed by atoms with van der Waals surface area (Å²) in [4.78, 5) is 9.52. The minimum Gasteiger partial charge on any atom is -0.501 e. The van der Waals surface area contributed by atoms with Crippen LogP contribution in [0.4, 0.5) is 0 Å². The van der Waals surface area contributed by atoms with Gasteiger partial charge in [0.1, 0.15) is 11.2 Å². The van der Waals surface area contributed by atoms with E-state index < -0.39 is 0 Å². The average molecular weight is 698 g/mol. The largest absolute Gasteiger partial charge is 2.00 e. The Hall–Kier alpha value is -4.73. The van der Waals surface area contributed by atoms with Crippen LogP contribution >= 0.6 is 0 Å². The molecule has 4 heterocycles. The molecule has 0 saturated heterocycles. The molecule has 0 unspecified atom stereocenters. The predicted molar refractivity (Wildman–Crippen MR) is 152 cm³/mol. The van der Waals surface area contributed by atoms with Gasteiger partial charge in [-0.3, -0.25) is 9.97 Å². The zero-order valence-electron chi connectivity index (χ0n) is 20.8. The fraction of sp³-hybridized carbons (Fsp3) is 0. The monoisotopic (exact) mass is 697 g/mol. The molecule has 0 spiro atoms. The number of furan rings is 2. The minimum atomic E-state index is 0. The van der Waals surface area contributed by atoms with Gasteiger partial charge in [0.2, 0.25) is 11.8 Å². The number of aromatic nitrogens is 2. The second-order valence-corrected chi connectivity index (χ2v) is 9.21. The molecule has 8 rings (SSSR count). The number of ether oxygens (including phenoxy) is 1. The Morgan fingerprint density at radius 3 is 1.48 bits per heavy atom. The summed E-state index contributed by atoms with van der Waals surface area (Å²) in [6.07, 6.45) is 0. The number of hydrogen-bond acceptors (Lipinski definition) is 5. The summed E-state index contributed by atoms with van der Waals surface area (Å²) in [6, 6.07) is 41.7. The molecule has 0 aliphatic rings. The molecule has 192 valence electrons. The van der Waals surface area contributed by atoms with Gasteiger partial charge in [0.15, 0.2) is 0 Å². The van der Waals surface area contributed by atoms with Crippen molar-refractivity contribution >= 4 is 43.9 Å². The van der Waals surface area contributed by atoms with E-state index in [2.05, 4.69) is 24.3 Å². The van der Waals surface area contributed by atoms with Crippen molar-refractivity contribution in [1.29, 1.82) is 0 Å². The standard InChI is InChI=1S/C34H18N2O3.Pt/c1-3-17-29-21(9-1)23-11-5-13-25(33(23)37-29)27-15-7-19-31(35-27)39-32-20-8-16-28(36-32)26-14-6-12-24-22-10-2-4-18-30(22)38-34(24)26;/h1-12,15-20H;/q-2;+2. The Labute approximate surface area is 243 Å². The van der Waals surface area contributed by atoms with Gasteiger partial charge in [-0.1, -0.05) is 82.6 Å². The zero-order chi connectivity index (χ0) is 25.8. The second kappa shape index (κ2) is 9.78. The summed E-state index contributed by atoms with van der Waals surface area (Å²) in [5.41, 5.74) is 6.12. The SMILES string of the molecule is [Pt+2].[c-]1ccc2c(oc3ccccc32)c1-c1cccc(Oc2cccc(-c3[c-]ccc4c3oc3ccccc34)n2)n1. The molecule has 0 bridgehead atoms. The molecule has 0 aliphatic heterocycles. The van der Waals surface area contributed by atoms with Gasteiger partial charge >= 0.3 is 21.1 Å². The quantitative estimate of drug-likeness (QED) is 0.172. The Morgan fingerprint density at radius 2 is 0.975 bits per heavy atom. The van der Waals surface area contributed by atoms with E-state index in [1.807, 2.05) is 97.1 Å². The summed E-state index contributed by atoms with van der Waals surface area (Å²) >= 11 is 0. The molecule has 5 nitrogen and oxygen atoms in total. The van der Waals surface area contributed by atoms with Crippen LogP contribution < -0.4 is 4.74 Å². The number of para-hydroxylation sites is 2. The number of rotatable bonds is 4. The van der Waals surface area contributed by atoms with E-state index >= 15 is 0 Å². The Morgan fingerprint density at radius 1 is 0.500 bits per heavy atom. The normalized spacial score (nSPS) is 11.3. The topological polar surface area (TPSA) is 61.3 Å². The van der Waals surface area contributed by atoms with Crippen LogP contribution in [0.15, 0.2) is 118 Å². The first-order valence-electron chi connectivity index (χ1n) is 12.6. The molecule has 0 amide bonds. The number of pyridine rings is 2. The van der Waals surface area contributed by atoms with Crippen LogP contribution in [0, 0.1) is 12.1 Å². The third kappa shape index (κ3) is 3.98. The van der Waals surface area contributed by atoms with E-state index in [0.717, 1.165) is 55.0 Å². The van der Waals surface area contributed by atoms with E-state index in [0.29, 0.717) is 23.1 Å². The molecule has 0 fully saturated rings. The van der Waals surface area contributed by atoms with Crippen molar-refractivity contribution in [3.63, 3.8) is 0 Å². The van der Waals surface area contributed by atoms with Crippen LogP contribution in [-0.4, -0.2) is 9.97 Å². The van der Waals surface area contributed by atoms with Gasteiger partial charge < -0.3 is 13.6 Å². The van der Waals surface area contributed by atoms with Crippen LogP contribution in [0.1, 0.15) is 0 Å². The first kappa shape index (κ1) is 24.3. The van der Waals surface area contributed by atoms with Gasteiger partial charge in [-0.25, -0.2) is 0 Å². The summed E-state index contributed by atoms with van der Waals surface area (Å²) in [6.45, 7) is 0. The Bertz CT molecular complexity index is 2020. The third-order valence-electron chi connectivity index (χ3n) is 6.85. The minimum absolute atomic E-state index is 0. The molecular weight excluding hydrogens is 679 g/mol. The number of fused-ring (bicyclic) bond motifs is 6. The first-order valence-corrected chi connectivity index (χ1v) is 12.6. The van der Waals surface area contributed by atoms with Crippen LogP contribution in [0.5, 0.6) is 11.8 Å². The van der Waals surface area contributed by atoms with Gasteiger partial charge in [0.05, 0.1) is 11.2 Å². The maximum atomic E-state index is 6.18. The van der Waals surface area contributed by atoms with Crippen LogP contribution in [-0.2, 0) is 21.1 Å². The number of hydrogen-bond donors (Lipinski definition) is 0. The van der Waals surface area contributed by atoms with E-state index in [9.17, 15) is 0 Å². The maximum Gasteiger partial charge on any atom is 2.00 e. The number of nitrogens with zero attached hydrogens (tertiary/aromatic N) is 2. The van der Waals surface area contributed by atoms with E-state index in [1.165, 1.54) is 0 Å². The Kier molecular flexibility index (Phi) is 5.95. The van der Waals surface area contributed by atoms with E-state index in [1.54, 1.807) is 0 Å². The summed E-state index contributed by atoms with van der Waals surface area (Å²) in [5.74, 6) is 0.842. The number of benzene rings is 4. The second-order valence-electron chi connectivity index (χ2n) is 9.21. The van der Waals surface area contributed by atoms with Crippen molar-refractivity contribution in [2.24, 2.45) is 0 Å². The predicted octanol–water partition coefficient (Wildman–Crippen LogP) is 9.00. The molecule has 0 radical (unpaired) electrons. The summed E-state index contributed by atoms with van der Waals surface area (Å²) in [5, 5.41) is 4.18. The van der Waals surface area contributed by atoms with Crippen LogP contribution in [0.25, 0.3) is 66.4 Å². The molecule has 8 aromatic rings. The fourth-order valence-electron chi connectivity index (χ4n) is 5.09. The average Bonchev–Trinajstić information content (AvgIpc) is 3.56. The van der Waals surface area contributed by atoms with Crippen LogP contribution in [0.2, 0.25) is 0 Å². The maximum absolute atomic E-state index is 6.18. The smallest absolute Gasteiger partial charge is 0.501 e. The molecule has 4 aromatic carbocycles. The van der Waals surface area contributed by atoms with Crippen molar-refractivity contribution in [2.45, 2.75) is 0 Å². The zero-order valence-corrected chi connectivity index (χ0v) is 23.1. The van der Waals surface area contributed by atoms with Gasteiger partial charge in [0.25, 0.3) is 0 Å².